The molecular formula is C19H18N2O. The standard InChI is InChI=1S/C19H18N2O/c1-14(13-20)19-18-6-4-3-5-15(18)11-12-21(19)16-7-9-17(22-2)10-8-16/h3-10,19H,1,11-12H2,2H3. The number of fused-ring (bicyclic) bond motifs is 1. The fourth-order valence-electron chi connectivity index (χ4n) is 3.06. The van der Waals surface area contributed by atoms with E-state index >= 15 is 0 Å². The fraction of sp³-hybridized carbons (Fsp3) is 0.211. The molecule has 1 heterocycles. The minimum absolute atomic E-state index is 0.0941. The van der Waals surface area contributed by atoms with E-state index in [1.54, 1.807) is 7.11 Å². The second-order valence-corrected chi connectivity index (χ2v) is 5.38. The van der Waals surface area contributed by atoms with E-state index in [9.17, 15) is 5.26 Å². The van der Waals surface area contributed by atoms with Gasteiger partial charge in [-0.15, -0.1) is 0 Å². The van der Waals surface area contributed by atoms with Crippen LogP contribution < -0.4 is 9.64 Å². The Kier molecular flexibility index (Phi) is 3.84. The lowest BCUT2D eigenvalue weighted by Crippen LogP contribution is -2.36. The van der Waals surface area contributed by atoms with Gasteiger partial charge < -0.3 is 9.64 Å². The highest BCUT2D eigenvalue weighted by Crippen LogP contribution is 2.37. The van der Waals surface area contributed by atoms with Crippen LogP contribution >= 0.6 is 0 Å². The molecule has 1 unspecified atom stereocenters. The monoisotopic (exact) mass is 290 g/mol. The summed E-state index contributed by atoms with van der Waals surface area (Å²) < 4.78 is 5.22. The summed E-state index contributed by atoms with van der Waals surface area (Å²) >= 11 is 0. The Labute approximate surface area is 131 Å². The molecule has 1 aliphatic rings. The SMILES string of the molecule is C=C(C#N)C1c2ccccc2CCN1c1ccc(OC)cc1. The first-order valence-electron chi connectivity index (χ1n) is 7.32. The number of nitrogens with zero attached hydrogens (tertiary/aromatic N) is 2. The number of anilines is 1. The molecule has 0 saturated carbocycles. The van der Waals surface area contributed by atoms with Gasteiger partial charge >= 0.3 is 0 Å². The first-order chi connectivity index (χ1) is 10.7. The van der Waals surface area contributed by atoms with Crippen molar-refractivity contribution < 1.29 is 4.74 Å². The number of hydrogen-bond acceptors (Lipinski definition) is 3. The van der Waals surface area contributed by atoms with E-state index in [-0.39, 0.29) is 6.04 Å². The van der Waals surface area contributed by atoms with E-state index in [2.05, 4.69) is 29.7 Å². The molecule has 0 fully saturated rings. The molecule has 0 radical (unpaired) electrons. The number of ether oxygens (including phenoxy) is 1. The van der Waals surface area contributed by atoms with Crippen molar-refractivity contribution >= 4 is 5.69 Å². The zero-order valence-electron chi connectivity index (χ0n) is 12.6. The van der Waals surface area contributed by atoms with Crippen LogP contribution in [0.5, 0.6) is 5.75 Å². The maximum atomic E-state index is 9.36. The lowest BCUT2D eigenvalue weighted by atomic mass is 9.88. The predicted molar refractivity (Wildman–Crippen MR) is 88.0 cm³/mol. The van der Waals surface area contributed by atoms with Gasteiger partial charge in [0.15, 0.2) is 0 Å². The quantitative estimate of drug-likeness (QED) is 0.805. The molecule has 0 spiro atoms. The Morgan fingerprint density at radius 3 is 2.64 bits per heavy atom. The van der Waals surface area contributed by atoms with Crippen molar-refractivity contribution in [1.29, 1.82) is 5.26 Å². The molecule has 0 aromatic heterocycles. The van der Waals surface area contributed by atoms with Crippen molar-refractivity contribution in [1.82, 2.24) is 0 Å². The third kappa shape index (κ3) is 2.44. The molecule has 22 heavy (non-hydrogen) atoms. The first kappa shape index (κ1) is 14.2. The maximum absolute atomic E-state index is 9.36. The second kappa shape index (κ2) is 5.95. The first-order valence-corrected chi connectivity index (χ1v) is 7.32. The van der Waals surface area contributed by atoms with Gasteiger partial charge in [0.05, 0.1) is 19.2 Å². The van der Waals surface area contributed by atoms with Crippen LogP contribution in [0.25, 0.3) is 0 Å². The van der Waals surface area contributed by atoms with Crippen LogP contribution in [0, 0.1) is 11.3 Å². The fourth-order valence-corrected chi connectivity index (χ4v) is 3.06. The highest BCUT2D eigenvalue weighted by molar-refractivity contribution is 5.57. The van der Waals surface area contributed by atoms with E-state index in [1.165, 1.54) is 11.1 Å². The third-order valence-corrected chi connectivity index (χ3v) is 4.16. The van der Waals surface area contributed by atoms with Gasteiger partial charge in [0.1, 0.15) is 5.75 Å². The third-order valence-electron chi connectivity index (χ3n) is 4.16. The Bertz CT molecular complexity index is 728. The zero-order chi connectivity index (χ0) is 15.5. The summed E-state index contributed by atoms with van der Waals surface area (Å²) in [5.41, 5.74) is 4.13. The summed E-state index contributed by atoms with van der Waals surface area (Å²) in [7, 11) is 1.66. The number of hydrogen-bond donors (Lipinski definition) is 0. The Morgan fingerprint density at radius 1 is 1.23 bits per heavy atom. The maximum Gasteiger partial charge on any atom is 0.119 e. The summed E-state index contributed by atoms with van der Waals surface area (Å²) in [4.78, 5) is 2.24. The number of rotatable bonds is 3. The van der Waals surface area contributed by atoms with Gasteiger partial charge in [-0.1, -0.05) is 30.8 Å². The molecule has 0 saturated heterocycles. The molecular weight excluding hydrogens is 272 g/mol. The number of benzene rings is 2. The molecule has 3 nitrogen and oxygen atoms in total. The summed E-state index contributed by atoms with van der Waals surface area (Å²) in [6, 6.07) is 18.4. The summed E-state index contributed by atoms with van der Waals surface area (Å²) in [6.07, 6.45) is 0.970. The minimum Gasteiger partial charge on any atom is -0.497 e. The highest BCUT2D eigenvalue weighted by Gasteiger charge is 2.29. The molecule has 0 N–H and O–H groups in total. The van der Waals surface area contributed by atoms with Crippen molar-refractivity contribution in [3.63, 3.8) is 0 Å². The molecule has 1 atom stereocenters. The van der Waals surface area contributed by atoms with E-state index < -0.39 is 0 Å². The molecule has 0 bridgehead atoms. The van der Waals surface area contributed by atoms with Crippen LogP contribution in [0.3, 0.4) is 0 Å². The second-order valence-electron chi connectivity index (χ2n) is 5.38. The smallest absolute Gasteiger partial charge is 0.119 e. The van der Waals surface area contributed by atoms with Crippen LogP contribution in [0.1, 0.15) is 17.2 Å². The molecule has 1 aliphatic heterocycles. The Balaban J connectivity index is 2.03. The Hall–Kier alpha value is -2.73. The largest absolute Gasteiger partial charge is 0.497 e. The van der Waals surface area contributed by atoms with Crippen LogP contribution in [0.4, 0.5) is 5.69 Å². The number of methoxy groups -OCH3 is 1. The molecule has 110 valence electrons. The lowest BCUT2D eigenvalue weighted by molar-refractivity contribution is 0.415. The van der Waals surface area contributed by atoms with E-state index in [0.717, 1.165) is 24.4 Å². The van der Waals surface area contributed by atoms with Crippen LogP contribution in [-0.2, 0) is 6.42 Å². The van der Waals surface area contributed by atoms with Gasteiger partial charge in [0, 0.05) is 17.8 Å². The summed E-state index contributed by atoms with van der Waals surface area (Å²) in [5.74, 6) is 0.830. The minimum atomic E-state index is -0.0941. The van der Waals surface area contributed by atoms with Crippen molar-refractivity contribution in [2.24, 2.45) is 0 Å². The molecule has 2 aromatic carbocycles. The van der Waals surface area contributed by atoms with Gasteiger partial charge in [-0.2, -0.15) is 5.26 Å². The van der Waals surface area contributed by atoms with Crippen molar-refractivity contribution in [3.05, 3.63) is 71.8 Å². The van der Waals surface area contributed by atoms with Gasteiger partial charge in [-0.3, -0.25) is 0 Å². The van der Waals surface area contributed by atoms with E-state index in [4.69, 9.17) is 4.74 Å². The molecule has 0 amide bonds. The summed E-state index contributed by atoms with van der Waals surface area (Å²) in [5, 5.41) is 9.36. The lowest BCUT2D eigenvalue weighted by Gasteiger charge is -2.38. The van der Waals surface area contributed by atoms with Crippen LogP contribution in [0.15, 0.2) is 60.7 Å². The average Bonchev–Trinajstić information content (AvgIpc) is 2.60. The van der Waals surface area contributed by atoms with Gasteiger partial charge in [-0.25, -0.2) is 0 Å². The van der Waals surface area contributed by atoms with Crippen LogP contribution in [-0.4, -0.2) is 13.7 Å². The van der Waals surface area contributed by atoms with Crippen molar-refractivity contribution in [3.8, 4) is 11.8 Å². The predicted octanol–water partition coefficient (Wildman–Crippen LogP) is 3.88. The Morgan fingerprint density at radius 2 is 1.95 bits per heavy atom. The van der Waals surface area contributed by atoms with Gasteiger partial charge in [0.25, 0.3) is 0 Å². The molecule has 2 aromatic rings. The highest BCUT2D eigenvalue weighted by atomic mass is 16.5. The summed E-state index contributed by atoms with van der Waals surface area (Å²) in [6.45, 7) is 4.85. The van der Waals surface area contributed by atoms with Gasteiger partial charge in [0.2, 0.25) is 0 Å². The van der Waals surface area contributed by atoms with Crippen molar-refractivity contribution in [2.45, 2.75) is 12.5 Å². The van der Waals surface area contributed by atoms with Gasteiger partial charge in [-0.05, 0) is 41.8 Å². The normalized spacial score (nSPS) is 16.5. The number of nitriles is 1. The van der Waals surface area contributed by atoms with Crippen LogP contribution in [0.2, 0.25) is 0 Å². The van der Waals surface area contributed by atoms with Crippen molar-refractivity contribution in [2.75, 3.05) is 18.6 Å². The van der Waals surface area contributed by atoms with E-state index in [0.29, 0.717) is 5.57 Å². The molecule has 3 rings (SSSR count). The average molecular weight is 290 g/mol. The van der Waals surface area contributed by atoms with E-state index in [1.807, 2.05) is 36.4 Å². The molecule has 3 heteroatoms. The zero-order valence-corrected chi connectivity index (χ0v) is 12.6. The molecule has 0 aliphatic carbocycles. The topological polar surface area (TPSA) is 36.3 Å².